The second-order valence-corrected chi connectivity index (χ2v) is 3.63. The second-order valence-electron chi connectivity index (χ2n) is 3.63. The van der Waals surface area contributed by atoms with Crippen molar-refractivity contribution in [1.82, 2.24) is 0 Å². The molecule has 0 aliphatic carbocycles. The Labute approximate surface area is 73.4 Å². The van der Waals surface area contributed by atoms with Crippen LogP contribution in [0.4, 0.5) is 0 Å². The first-order valence-corrected chi connectivity index (χ1v) is 4.63. The molecule has 3 heteroatoms. The number of aliphatic hydroxyl groups excluding tert-OH is 2. The van der Waals surface area contributed by atoms with Crippen molar-refractivity contribution in [3.63, 3.8) is 0 Å². The highest BCUT2D eigenvalue weighted by Gasteiger charge is 2.33. The summed E-state index contributed by atoms with van der Waals surface area (Å²) in [6.45, 7) is 2.91. The van der Waals surface area contributed by atoms with Gasteiger partial charge in [-0.2, -0.15) is 0 Å². The first kappa shape index (κ1) is 9.96. The largest absolute Gasteiger partial charge is 0.396 e. The fourth-order valence-electron chi connectivity index (χ4n) is 1.75. The normalized spacial score (nSPS) is 36.8. The molecule has 0 aromatic heterocycles. The van der Waals surface area contributed by atoms with Crippen LogP contribution in [0.1, 0.15) is 32.6 Å². The molecule has 0 aromatic rings. The molecule has 1 unspecified atom stereocenters. The summed E-state index contributed by atoms with van der Waals surface area (Å²) in [7, 11) is 0. The highest BCUT2D eigenvalue weighted by molar-refractivity contribution is 4.80. The first-order valence-electron chi connectivity index (χ1n) is 4.63. The Bertz CT molecular complexity index is 128. The second kappa shape index (κ2) is 4.21. The number of hydrogen-bond donors (Lipinski definition) is 2. The molecular weight excluding hydrogens is 156 g/mol. The van der Waals surface area contributed by atoms with Crippen LogP contribution in [0.5, 0.6) is 0 Å². The zero-order valence-electron chi connectivity index (χ0n) is 7.62. The summed E-state index contributed by atoms with van der Waals surface area (Å²) in [6.07, 6.45) is 2.89. The van der Waals surface area contributed by atoms with Gasteiger partial charge in [-0.15, -0.1) is 0 Å². The smallest absolute Gasteiger partial charge is 0.154 e. The quantitative estimate of drug-likeness (QED) is 0.668. The first-order chi connectivity index (χ1) is 5.72. The molecule has 0 amide bonds. The monoisotopic (exact) mass is 174 g/mol. The van der Waals surface area contributed by atoms with Gasteiger partial charge in [0.15, 0.2) is 6.29 Å². The summed E-state index contributed by atoms with van der Waals surface area (Å²) >= 11 is 0. The third-order valence-electron chi connectivity index (χ3n) is 2.90. The molecule has 0 aromatic carbocycles. The topological polar surface area (TPSA) is 49.7 Å². The summed E-state index contributed by atoms with van der Waals surface area (Å²) in [4.78, 5) is 0. The van der Waals surface area contributed by atoms with E-state index in [-0.39, 0.29) is 12.0 Å². The van der Waals surface area contributed by atoms with Crippen LogP contribution in [0.2, 0.25) is 0 Å². The number of hydrogen-bond acceptors (Lipinski definition) is 3. The average molecular weight is 174 g/mol. The van der Waals surface area contributed by atoms with Gasteiger partial charge in [-0.05, 0) is 31.1 Å². The maximum absolute atomic E-state index is 9.12. The Balaban J connectivity index is 2.45. The zero-order chi connectivity index (χ0) is 9.03. The maximum Gasteiger partial charge on any atom is 0.154 e. The van der Waals surface area contributed by atoms with Gasteiger partial charge in [0.05, 0.1) is 6.61 Å². The minimum absolute atomic E-state index is 0.119. The Morgan fingerprint density at radius 1 is 1.58 bits per heavy atom. The van der Waals surface area contributed by atoms with Crippen molar-refractivity contribution in [2.24, 2.45) is 5.41 Å². The molecule has 0 saturated carbocycles. The van der Waals surface area contributed by atoms with Gasteiger partial charge in [0.25, 0.3) is 0 Å². The van der Waals surface area contributed by atoms with Crippen molar-refractivity contribution in [2.75, 3.05) is 13.2 Å². The van der Waals surface area contributed by atoms with Gasteiger partial charge >= 0.3 is 0 Å². The van der Waals surface area contributed by atoms with E-state index in [2.05, 4.69) is 6.92 Å². The van der Waals surface area contributed by atoms with Crippen LogP contribution in [-0.4, -0.2) is 29.7 Å². The minimum Gasteiger partial charge on any atom is -0.396 e. The lowest BCUT2D eigenvalue weighted by Gasteiger charge is -2.37. The molecular formula is C9H18O3. The van der Waals surface area contributed by atoms with Crippen molar-refractivity contribution in [3.05, 3.63) is 0 Å². The van der Waals surface area contributed by atoms with Crippen LogP contribution in [-0.2, 0) is 4.74 Å². The van der Waals surface area contributed by atoms with Crippen molar-refractivity contribution in [3.8, 4) is 0 Å². The predicted molar refractivity (Wildman–Crippen MR) is 45.6 cm³/mol. The van der Waals surface area contributed by atoms with Crippen molar-refractivity contribution in [2.45, 2.75) is 38.9 Å². The SMILES string of the molecule is CC[C@@]1(CCO)CCC(O)OC1. The molecule has 0 spiro atoms. The average Bonchev–Trinajstić information content (AvgIpc) is 2.10. The molecule has 0 bridgehead atoms. The molecule has 1 aliphatic rings. The van der Waals surface area contributed by atoms with E-state index in [0.717, 1.165) is 19.3 Å². The van der Waals surface area contributed by atoms with Gasteiger partial charge in [-0.3, -0.25) is 0 Å². The van der Waals surface area contributed by atoms with Gasteiger partial charge in [-0.1, -0.05) is 6.92 Å². The third kappa shape index (κ3) is 2.19. The predicted octanol–water partition coefficient (Wildman–Crippen LogP) is 0.894. The van der Waals surface area contributed by atoms with E-state index in [4.69, 9.17) is 14.9 Å². The molecule has 1 saturated heterocycles. The van der Waals surface area contributed by atoms with E-state index in [1.165, 1.54) is 0 Å². The van der Waals surface area contributed by atoms with Crippen LogP contribution >= 0.6 is 0 Å². The van der Waals surface area contributed by atoms with E-state index in [1.807, 2.05) is 0 Å². The Morgan fingerprint density at radius 2 is 2.33 bits per heavy atom. The molecule has 0 radical (unpaired) electrons. The number of ether oxygens (including phenoxy) is 1. The molecule has 1 aliphatic heterocycles. The van der Waals surface area contributed by atoms with Crippen molar-refractivity contribution >= 4 is 0 Å². The molecule has 2 atom stereocenters. The summed E-state index contributed by atoms with van der Waals surface area (Å²) < 4.78 is 5.18. The molecule has 72 valence electrons. The summed E-state index contributed by atoms with van der Waals surface area (Å²) in [5.74, 6) is 0. The van der Waals surface area contributed by atoms with E-state index in [1.54, 1.807) is 0 Å². The lowest BCUT2D eigenvalue weighted by molar-refractivity contribution is -0.168. The lowest BCUT2D eigenvalue weighted by atomic mass is 9.77. The summed E-state index contributed by atoms with van der Waals surface area (Å²) in [5.41, 5.74) is 0.119. The van der Waals surface area contributed by atoms with E-state index in [0.29, 0.717) is 13.0 Å². The highest BCUT2D eigenvalue weighted by atomic mass is 16.6. The molecule has 2 N–H and O–H groups in total. The minimum atomic E-state index is -0.580. The fourth-order valence-corrected chi connectivity index (χ4v) is 1.75. The van der Waals surface area contributed by atoms with Crippen LogP contribution in [0.15, 0.2) is 0 Å². The van der Waals surface area contributed by atoms with E-state index >= 15 is 0 Å². The van der Waals surface area contributed by atoms with Crippen LogP contribution < -0.4 is 0 Å². The van der Waals surface area contributed by atoms with Crippen LogP contribution in [0, 0.1) is 5.41 Å². The van der Waals surface area contributed by atoms with Gasteiger partial charge in [-0.25, -0.2) is 0 Å². The molecule has 1 fully saturated rings. The van der Waals surface area contributed by atoms with Crippen molar-refractivity contribution < 1.29 is 14.9 Å². The standard InChI is InChI=1S/C9H18O3/c1-2-9(5-6-10)4-3-8(11)12-7-9/h8,10-11H,2-7H2,1H3/t8?,9-/m0/s1. The number of rotatable bonds is 3. The summed E-state index contributed by atoms with van der Waals surface area (Å²) in [6, 6.07) is 0. The maximum atomic E-state index is 9.12. The Morgan fingerprint density at radius 3 is 2.75 bits per heavy atom. The Hall–Kier alpha value is -0.120. The molecule has 1 heterocycles. The zero-order valence-corrected chi connectivity index (χ0v) is 7.62. The van der Waals surface area contributed by atoms with Crippen molar-refractivity contribution in [1.29, 1.82) is 0 Å². The lowest BCUT2D eigenvalue weighted by Crippen LogP contribution is -2.36. The molecule has 12 heavy (non-hydrogen) atoms. The van der Waals surface area contributed by atoms with Crippen LogP contribution in [0.3, 0.4) is 0 Å². The molecule has 1 rings (SSSR count). The fraction of sp³-hybridized carbons (Fsp3) is 1.00. The third-order valence-corrected chi connectivity index (χ3v) is 2.90. The van der Waals surface area contributed by atoms with Gasteiger partial charge < -0.3 is 14.9 Å². The molecule has 3 nitrogen and oxygen atoms in total. The van der Waals surface area contributed by atoms with Crippen LogP contribution in [0.25, 0.3) is 0 Å². The van der Waals surface area contributed by atoms with E-state index in [9.17, 15) is 0 Å². The summed E-state index contributed by atoms with van der Waals surface area (Å²) in [5, 5.41) is 18.0. The van der Waals surface area contributed by atoms with Gasteiger partial charge in [0.1, 0.15) is 0 Å². The highest BCUT2D eigenvalue weighted by Crippen LogP contribution is 2.36. The number of aliphatic hydroxyl groups is 2. The van der Waals surface area contributed by atoms with Gasteiger partial charge in [0.2, 0.25) is 0 Å². The Kier molecular flexibility index (Phi) is 3.50. The van der Waals surface area contributed by atoms with Gasteiger partial charge in [0, 0.05) is 6.61 Å². The van der Waals surface area contributed by atoms with E-state index < -0.39 is 6.29 Å².